The van der Waals surface area contributed by atoms with Gasteiger partial charge in [0.25, 0.3) is 0 Å². The third-order valence-corrected chi connectivity index (χ3v) is 8.09. The Morgan fingerprint density at radius 2 is 1.57 bits per heavy atom. The number of nitrogens with zero attached hydrogens (tertiary/aromatic N) is 1. The van der Waals surface area contributed by atoms with Gasteiger partial charge in [0.1, 0.15) is 11.5 Å². The molecule has 1 unspecified atom stereocenters. The van der Waals surface area contributed by atoms with Gasteiger partial charge < -0.3 is 13.9 Å². The lowest BCUT2D eigenvalue weighted by molar-refractivity contribution is 0.200. The Morgan fingerprint density at radius 1 is 1.07 bits per heavy atom. The average Bonchev–Trinajstić information content (AvgIpc) is 3.02. The van der Waals surface area contributed by atoms with Gasteiger partial charge in [-0.25, -0.2) is 18.3 Å². The molecular formula is C18H21N2O5PS2. The van der Waals surface area contributed by atoms with Gasteiger partial charge in [0.2, 0.25) is 0 Å². The van der Waals surface area contributed by atoms with E-state index in [1.807, 2.05) is 12.1 Å². The molecule has 10 heteroatoms. The van der Waals surface area contributed by atoms with E-state index in [2.05, 4.69) is 5.09 Å². The lowest BCUT2D eigenvalue weighted by atomic mass is 10.2. The third-order valence-electron chi connectivity index (χ3n) is 4.25. The predicted molar refractivity (Wildman–Crippen MR) is 112 cm³/mol. The van der Waals surface area contributed by atoms with Crippen molar-refractivity contribution in [2.24, 2.45) is 0 Å². The topological polar surface area (TPSA) is 84.9 Å². The van der Waals surface area contributed by atoms with Gasteiger partial charge in [-0.15, -0.1) is 0 Å². The number of para-hydroxylation sites is 2. The average molecular weight is 440 g/mol. The Morgan fingerprint density at radius 3 is 2.00 bits per heavy atom. The van der Waals surface area contributed by atoms with Crippen LogP contribution in [0.25, 0.3) is 0 Å². The zero-order valence-electron chi connectivity index (χ0n) is 15.2. The first-order valence-electron chi connectivity index (χ1n) is 8.61. The summed E-state index contributed by atoms with van der Waals surface area (Å²) in [4.78, 5) is 14.1. The highest BCUT2D eigenvalue weighted by Crippen LogP contribution is 2.45. The molecule has 2 amide bonds. The fourth-order valence-electron chi connectivity index (χ4n) is 2.75. The molecule has 1 aliphatic heterocycles. The molecule has 0 aliphatic carbocycles. The zero-order chi connectivity index (χ0) is 20.2. The maximum Gasteiger partial charge on any atom is 0.396 e. The summed E-state index contributed by atoms with van der Waals surface area (Å²) in [7, 11) is -1.57. The van der Waals surface area contributed by atoms with E-state index in [0.29, 0.717) is 17.9 Å². The molecule has 2 aromatic carbocycles. The van der Waals surface area contributed by atoms with E-state index in [9.17, 15) is 13.2 Å². The molecule has 0 radical (unpaired) electrons. The van der Waals surface area contributed by atoms with Gasteiger partial charge in [0.05, 0.1) is 11.5 Å². The number of rotatable bonds is 6. The number of carbonyl (C=O) groups excluding carboxylic acids is 1. The van der Waals surface area contributed by atoms with Crippen LogP contribution in [0.1, 0.15) is 6.42 Å². The maximum atomic E-state index is 12.8. The number of sulfone groups is 1. The van der Waals surface area contributed by atoms with Crippen LogP contribution in [0, 0.1) is 0 Å². The summed E-state index contributed by atoms with van der Waals surface area (Å²) < 4.78 is 35.1. The first kappa shape index (κ1) is 20.6. The molecule has 3 rings (SSSR count). The van der Waals surface area contributed by atoms with Crippen LogP contribution in [-0.4, -0.2) is 43.9 Å². The van der Waals surface area contributed by atoms with Crippen LogP contribution in [0.4, 0.5) is 4.79 Å². The van der Waals surface area contributed by atoms with Gasteiger partial charge in [-0.05, 0) is 30.7 Å². The van der Waals surface area contributed by atoms with Crippen molar-refractivity contribution >= 4 is 34.3 Å². The van der Waals surface area contributed by atoms with Crippen LogP contribution in [0.5, 0.6) is 11.5 Å². The van der Waals surface area contributed by atoms with E-state index in [0.717, 1.165) is 0 Å². The molecule has 7 nitrogen and oxygen atoms in total. The first-order chi connectivity index (χ1) is 13.3. The summed E-state index contributed by atoms with van der Waals surface area (Å²) in [6.07, 6.45) is 0.397. The quantitative estimate of drug-likeness (QED) is 0.695. The van der Waals surface area contributed by atoms with Crippen LogP contribution < -0.4 is 14.1 Å². The Bertz CT molecular complexity index is 924. The summed E-state index contributed by atoms with van der Waals surface area (Å²) in [6.45, 7) is -3.30. The summed E-state index contributed by atoms with van der Waals surface area (Å²) in [5.74, 6) is 0.949. The predicted octanol–water partition coefficient (Wildman–Crippen LogP) is 3.20. The minimum atomic E-state index is -3.30. The van der Waals surface area contributed by atoms with Gasteiger partial charge in [0.15, 0.2) is 9.84 Å². The fourth-order valence-corrected chi connectivity index (χ4v) is 6.59. The van der Waals surface area contributed by atoms with Crippen molar-refractivity contribution in [1.82, 2.24) is 9.99 Å². The standard InChI is InChI=1S/C18H21N2O5PS2/c1-20(15-12-13-28(22,23)14-15)18(21)19-26(27,24-16-8-4-2-5-9-16)25-17-10-6-3-7-11-17/h2-11,15H,12-14H2,1H3,(H,19,21,27). The molecule has 1 N–H and O–H groups in total. The molecule has 0 saturated carbocycles. The number of amides is 2. The van der Waals surface area contributed by atoms with Gasteiger partial charge in [0, 0.05) is 24.9 Å². The normalized spacial score (nSPS) is 18.2. The number of benzene rings is 2. The van der Waals surface area contributed by atoms with Crippen molar-refractivity contribution in [1.29, 1.82) is 0 Å². The van der Waals surface area contributed by atoms with E-state index in [4.69, 9.17) is 20.9 Å². The van der Waals surface area contributed by atoms with E-state index >= 15 is 0 Å². The van der Waals surface area contributed by atoms with Gasteiger partial charge >= 0.3 is 12.7 Å². The fraction of sp³-hybridized carbons (Fsp3) is 0.278. The Hall–Kier alpha value is -2.09. The molecule has 1 saturated heterocycles. The second kappa shape index (κ2) is 8.51. The first-order valence-corrected chi connectivity index (χ1v) is 13.1. The highest BCUT2D eigenvalue weighted by Gasteiger charge is 2.35. The molecule has 0 spiro atoms. The van der Waals surface area contributed by atoms with Crippen molar-refractivity contribution < 1.29 is 22.3 Å². The number of hydrogen-bond acceptors (Lipinski definition) is 6. The third kappa shape index (κ3) is 5.47. The van der Waals surface area contributed by atoms with Crippen LogP contribution in [-0.2, 0) is 21.6 Å². The monoisotopic (exact) mass is 440 g/mol. The number of hydrogen-bond donors (Lipinski definition) is 1. The Kier molecular flexibility index (Phi) is 6.27. The van der Waals surface area contributed by atoms with E-state index in [-0.39, 0.29) is 11.5 Å². The van der Waals surface area contributed by atoms with E-state index < -0.39 is 28.6 Å². The van der Waals surface area contributed by atoms with E-state index in [1.54, 1.807) is 55.6 Å². The van der Waals surface area contributed by atoms with Crippen molar-refractivity contribution in [2.45, 2.75) is 12.5 Å². The van der Waals surface area contributed by atoms with Crippen molar-refractivity contribution in [3.63, 3.8) is 0 Å². The van der Waals surface area contributed by atoms with Gasteiger partial charge in [-0.3, -0.25) is 0 Å². The van der Waals surface area contributed by atoms with Crippen molar-refractivity contribution in [3.05, 3.63) is 60.7 Å². The zero-order valence-corrected chi connectivity index (χ0v) is 17.8. The maximum absolute atomic E-state index is 12.8. The molecular weight excluding hydrogens is 419 g/mol. The summed E-state index contributed by atoms with van der Waals surface area (Å²) in [5.41, 5.74) is 0. The smallest absolute Gasteiger partial charge is 0.396 e. The Balaban J connectivity index is 1.78. The lowest BCUT2D eigenvalue weighted by Gasteiger charge is -2.29. The Labute approximate surface area is 169 Å². The van der Waals surface area contributed by atoms with Crippen molar-refractivity contribution in [2.75, 3.05) is 18.6 Å². The molecule has 2 aromatic rings. The van der Waals surface area contributed by atoms with Crippen LogP contribution >= 0.6 is 6.64 Å². The minimum Gasteiger partial charge on any atom is -0.420 e. The lowest BCUT2D eigenvalue weighted by Crippen LogP contribution is -2.44. The van der Waals surface area contributed by atoms with Crippen LogP contribution in [0.2, 0.25) is 0 Å². The number of nitrogens with one attached hydrogen (secondary N) is 1. The van der Waals surface area contributed by atoms with Gasteiger partial charge in [-0.1, -0.05) is 36.4 Å². The van der Waals surface area contributed by atoms with Crippen LogP contribution in [0.15, 0.2) is 60.7 Å². The molecule has 0 bridgehead atoms. The van der Waals surface area contributed by atoms with Crippen molar-refractivity contribution in [3.8, 4) is 11.5 Å². The molecule has 1 fully saturated rings. The number of urea groups is 1. The summed E-state index contributed by atoms with van der Waals surface area (Å²) >= 11 is 5.57. The molecule has 28 heavy (non-hydrogen) atoms. The van der Waals surface area contributed by atoms with Crippen LogP contribution in [0.3, 0.4) is 0 Å². The second-order valence-electron chi connectivity index (χ2n) is 6.39. The number of carbonyl (C=O) groups is 1. The molecule has 0 aromatic heterocycles. The molecule has 1 atom stereocenters. The van der Waals surface area contributed by atoms with Gasteiger partial charge in [-0.2, -0.15) is 0 Å². The summed E-state index contributed by atoms with van der Waals surface area (Å²) in [5, 5.41) is 2.67. The highest BCUT2D eigenvalue weighted by atomic mass is 32.5. The molecule has 1 aliphatic rings. The second-order valence-corrected chi connectivity index (χ2v) is 11.6. The summed E-state index contributed by atoms with van der Waals surface area (Å²) in [6, 6.07) is 16.8. The largest absolute Gasteiger partial charge is 0.420 e. The van der Waals surface area contributed by atoms with E-state index in [1.165, 1.54) is 4.90 Å². The highest BCUT2D eigenvalue weighted by molar-refractivity contribution is 8.09. The SMILES string of the molecule is CN(C(=O)NP(=S)(Oc1ccccc1)Oc1ccccc1)C1CCS(=O)(=O)C1. The minimum absolute atomic E-state index is 0.0567. The molecule has 150 valence electrons. The molecule has 1 heterocycles.